The van der Waals surface area contributed by atoms with Crippen molar-refractivity contribution in [1.29, 1.82) is 0 Å². The van der Waals surface area contributed by atoms with Crippen LogP contribution >= 0.6 is 0 Å². The number of aliphatic hydroxyl groups is 1. The van der Waals surface area contributed by atoms with Crippen molar-refractivity contribution in [3.63, 3.8) is 0 Å². The monoisotopic (exact) mass is 319 g/mol. The van der Waals surface area contributed by atoms with Crippen LogP contribution < -0.4 is 0 Å². The number of aromatic nitrogens is 2. The van der Waals surface area contributed by atoms with E-state index in [0.29, 0.717) is 29.7 Å². The van der Waals surface area contributed by atoms with Crippen LogP contribution in [-0.2, 0) is 6.54 Å². The molecular weight excluding hydrogens is 297 g/mol. The van der Waals surface area contributed by atoms with Crippen molar-refractivity contribution in [3.8, 4) is 11.4 Å². The van der Waals surface area contributed by atoms with Crippen LogP contribution in [0.5, 0.6) is 0 Å². The zero-order valence-corrected chi connectivity index (χ0v) is 13.5. The molecular formula is C17H22FN3O2. The molecule has 2 heterocycles. The zero-order chi connectivity index (χ0) is 16.4. The lowest BCUT2D eigenvalue weighted by Gasteiger charge is -2.33. The fourth-order valence-electron chi connectivity index (χ4n) is 3.04. The second-order valence-electron chi connectivity index (χ2n) is 6.35. The summed E-state index contributed by atoms with van der Waals surface area (Å²) in [6.45, 7) is 5.94. The van der Waals surface area contributed by atoms with E-state index in [-0.39, 0.29) is 11.9 Å². The molecule has 1 saturated heterocycles. The Morgan fingerprint density at radius 2 is 2.30 bits per heavy atom. The highest BCUT2D eigenvalue weighted by Gasteiger charge is 2.24. The number of hydrogen-bond acceptors (Lipinski definition) is 5. The van der Waals surface area contributed by atoms with Crippen molar-refractivity contribution in [2.45, 2.75) is 39.3 Å². The molecule has 0 spiro atoms. The first-order valence-corrected chi connectivity index (χ1v) is 8.02. The van der Waals surface area contributed by atoms with E-state index in [0.717, 1.165) is 31.5 Å². The first-order valence-electron chi connectivity index (χ1n) is 8.02. The summed E-state index contributed by atoms with van der Waals surface area (Å²) in [6.07, 6.45) is 1.82. The van der Waals surface area contributed by atoms with E-state index >= 15 is 0 Å². The van der Waals surface area contributed by atoms with Gasteiger partial charge in [0.1, 0.15) is 5.82 Å². The summed E-state index contributed by atoms with van der Waals surface area (Å²) < 4.78 is 18.7. The van der Waals surface area contributed by atoms with Crippen molar-refractivity contribution in [2.75, 3.05) is 13.1 Å². The molecule has 5 nitrogen and oxygen atoms in total. The molecule has 1 N–H and O–H groups in total. The largest absolute Gasteiger partial charge is 0.393 e. The van der Waals surface area contributed by atoms with Gasteiger partial charge in [-0.1, -0.05) is 5.16 Å². The molecule has 1 aliphatic rings. The van der Waals surface area contributed by atoms with Crippen molar-refractivity contribution < 1.29 is 14.0 Å². The van der Waals surface area contributed by atoms with Crippen LogP contribution in [0.1, 0.15) is 31.2 Å². The Hall–Kier alpha value is -1.79. The molecule has 0 bridgehead atoms. The molecule has 0 radical (unpaired) electrons. The molecule has 1 aromatic carbocycles. The summed E-state index contributed by atoms with van der Waals surface area (Å²) in [6, 6.07) is 4.79. The maximum absolute atomic E-state index is 13.3. The SMILES string of the molecule is Cc1cc(-c2noc(CN3CCCC(C(C)O)C3)n2)ccc1F. The first kappa shape index (κ1) is 16.1. The van der Waals surface area contributed by atoms with Crippen LogP contribution in [0.15, 0.2) is 22.7 Å². The van der Waals surface area contributed by atoms with E-state index in [1.54, 1.807) is 19.1 Å². The van der Waals surface area contributed by atoms with Gasteiger partial charge in [0.05, 0.1) is 12.6 Å². The van der Waals surface area contributed by atoms with Gasteiger partial charge >= 0.3 is 0 Å². The number of benzene rings is 1. The summed E-state index contributed by atoms with van der Waals surface area (Å²) in [7, 11) is 0. The molecule has 2 atom stereocenters. The van der Waals surface area contributed by atoms with Gasteiger partial charge in [-0.2, -0.15) is 4.98 Å². The second-order valence-corrected chi connectivity index (χ2v) is 6.35. The van der Waals surface area contributed by atoms with Crippen LogP contribution in [0.4, 0.5) is 4.39 Å². The van der Waals surface area contributed by atoms with Gasteiger partial charge in [0.2, 0.25) is 11.7 Å². The van der Waals surface area contributed by atoms with Crippen molar-refractivity contribution in [1.82, 2.24) is 15.0 Å². The maximum atomic E-state index is 13.3. The fraction of sp³-hybridized carbons (Fsp3) is 0.529. The highest BCUT2D eigenvalue weighted by Crippen LogP contribution is 2.23. The summed E-state index contributed by atoms with van der Waals surface area (Å²) in [5, 5.41) is 13.7. The lowest BCUT2D eigenvalue weighted by atomic mass is 9.93. The van der Waals surface area contributed by atoms with Crippen LogP contribution in [0, 0.1) is 18.7 Å². The maximum Gasteiger partial charge on any atom is 0.241 e. The standard InChI is InChI=1S/C17H22FN3O2/c1-11-8-13(5-6-15(11)18)17-19-16(23-20-17)10-21-7-3-4-14(9-21)12(2)22/h5-6,8,12,14,22H,3-4,7,9-10H2,1-2H3. The van der Waals surface area contributed by atoms with Crippen LogP contribution in [0.3, 0.4) is 0 Å². The minimum atomic E-state index is -0.293. The molecule has 0 saturated carbocycles. The van der Waals surface area contributed by atoms with E-state index in [9.17, 15) is 9.50 Å². The molecule has 1 aromatic heterocycles. The number of piperidine rings is 1. The molecule has 23 heavy (non-hydrogen) atoms. The minimum absolute atomic E-state index is 0.241. The number of aryl methyl sites for hydroxylation is 1. The number of halogens is 1. The van der Waals surface area contributed by atoms with Gasteiger partial charge in [0, 0.05) is 12.1 Å². The Balaban J connectivity index is 1.68. The molecule has 6 heteroatoms. The lowest BCUT2D eigenvalue weighted by Crippen LogP contribution is -2.39. The smallest absolute Gasteiger partial charge is 0.241 e. The quantitative estimate of drug-likeness (QED) is 0.939. The van der Waals surface area contributed by atoms with Gasteiger partial charge in [0.15, 0.2) is 0 Å². The minimum Gasteiger partial charge on any atom is -0.393 e. The van der Waals surface area contributed by atoms with E-state index in [1.165, 1.54) is 6.07 Å². The summed E-state index contributed by atoms with van der Waals surface area (Å²) >= 11 is 0. The molecule has 1 fully saturated rings. The summed E-state index contributed by atoms with van der Waals surface area (Å²) in [5.74, 6) is 1.08. The number of rotatable bonds is 4. The van der Waals surface area contributed by atoms with Crippen molar-refractivity contribution in [2.24, 2.45) is 5.92 Å². The van der Waals surface area contributed by atoms with Crippen molar-refractivity contribution in [3.05, 3.63) is 35.5 Å². The topological polar surface area (TPSA) is 62.4 Å². The zero-order valence-electron chi connectivity index (χ0n) is 13.5. The van der Waals surface area contributed by atoms with Gasteiger partial charge < -0.3 is 9.63 Å². The van der Waals surface area contributed by atoms with Gasteiger partial charge in [-0.05, 0) is 62.9 Å². The Kier molecular flexibility index (Phi) is 4.73. The third kappa shape index (κ3) is 3.76. The number of likely N-dealkylation sites (tertiary alicyclic amines) is 1. The van der Waals surface area contributed by atoms with Gasteiger partial charge in [-0.25, -0.2) is 4.39 Å². The van der Waals surface area contributed by atoms with Crippen molar-refractivity contribution >= 4 is 0 Å². The number of nitrogens with zero attached hydrogens (tertiary/aromatic N) is 3. The Morgan fingerprint density at radius 3 is 3.04 bits per heavy atom. The highest BCUT2D eigenvalue weighted by molar-refractivity contribution is 5.55. The lowest BCUT2D eigenvalue weighted by molar-refractivity contribution is 0.0556. The van der Waals surface area contributed by atoms with Gasteiger partial charge in [0.25, 0.3) is 0 Å². The van der Waals surface area contributed by atoms with Crippen LogP contribution in [-0.4, -0.2) is 39.3 Å². The van der Waals surface area contributed by atoms with Crippen LogP contribution in [0.25, 0.3) is 11.4 Å². The van der Waals surface area contributed by atoms with E-state index in [1.807, 2.05) is 6.92 Å². The molecule has 124 valence electrons. The predicted molar refractivity (Wildman–Crippen MR) is 84.1 cm³/mol. The fourth-order valence-corrected chi connectivity index (χ4v) is 3.04. The highest BCUT2D eigenvalue weighted by atomic mass is 19.1. The first-order chi connectivity index (χ1) is 11.0. The van der Waals surface area contributed by atoms with E-state index in [2.05, 4.69) is 15.0 Å². The number of hydrogen-bond donors (Lipinski definition) is 1. The van der Waals surface area contributed by atoms with E-state index in [4.69, 9.17) is 4.52 Å². The molecule has 1 aliphatic heterocycles. The summed E-state index contributed by atoms with van der Waals surface area (Å²) in [5.41, 5.74) is 1.31. The Bertz CT molecular complexity index is 672. The summed E-state index contributed by atoms with van der Waals surface area (Å²) in [4.78, 5) is 6.64. The normalized spacial score (nSPS) is 20.6. The Labute approximate surface area is 135 Å². The predicted octanol–water partition coefficient (Wildman–Crippen LogP) is 2.78. The molecule has 0 aliphatic carbocycles. The Morgan fingerprint density at radius 1 is 1.48 bits per heavy atom. The molecule has 0 amide bonds. The van der Waals surface area contributed by atoms with Gasteiger partial charge in [-0.15, -0.1) is 0 Å². The number of aliphatic hydroxyl groups excluding tert-OH is 1. The molecule has 3 rings (SSSR count). The molecule has 2 unspecified atom stereocenters. The second kappa shape index (κ2) is 6.76. The third-order valence-corrected chi connectivity index (χ3v) is 4.47. The average Bonchev–Trinajstić information content (AvgIpc) is 2.99. The third-order valence-electron chi connectivity index (χ3n) is 4.47. The average molecular weight is 319 g/mol. The van der Waals surface area contributed by atoms with E-state index < -0.39 is 0 Å². The van der Waals surface area contributed by atoms with Crippen LogP contribution in [0.2, 0.25) is 0 Å². The van der Waals surface area contributed by atoms with Gasteiger partial charge in [-0.3, -0.25) is 4.90 Å². The molecule has 2 aromatic rings.